The lowest BCUT2D eigenvalue weighted by atomic mass is 10.1. The highest BCUT2D eigenvalue weighted by Crippen LogP contribution is 2.31. The van der Waals surface area contributed by atoms with Gasteiger partial charge in [0.25, 0.3) is 5.56 Å². The fourth-order valence-corrected chi connectivity index (χ4v) is 5.13. The predicted octanol–water partition coefficient (Wildman–Crippen LogP) is 4.26. The highest BCUT2D eigenvalue weighted by molar-refractivity contribution is 7.99. The van der Waals surface area contributed by atoms with Crippen LogP contribution in [0.5, 0.6) is 11.5 Å². The maximum Gasteiger partial charge on any atom is 0.262 e. The lowest BCUT2D eigenvalue weighted by Gasteiger charge is -2.30. The van der Waals surface area contributed by atoms with Crippen molar-refractivity contribution in [3.05, 3.63) is 58.4 Å². The normalized spacial score (nSPS) is 13.3. The number of rotatable bonds is 9. The van der Waals surface area contributed by atoms with E-state index in [1.54, 1.807) is 28.8 Å². The van der Waals surface area contributed by atoms with Crippen LogP contribution in [0.4, 0.5) is 0 Å². The Bertz CT molecular complexity index is 1230. The molecular weight excluding hydrogens is 450 g/mol. The molecule has 1 aliphatic heterocycles. The molecule has 0 fully saturated rings. The average Bonchev–Trinajstić information content (AvgIpc) is 2.83. The van der Waals surface area contributed by atoms with Gasteiger partial charge in [-0.15, -0.1) is 0 Å². The van der Waals surface area contributed by atoms with E-state index in [2.05, 4.69) is 32.6 Å². The zero-order chi connectivity index (χ0) is 24.2. The molecule has 0 bridgehead atoms. The fraction of sp³-hybridized carbons (Fsp3) is 0.423. The average molecular weight is 482 g/mol. The van der Waals surface area contributed by atoms with E-state index in [9.17, 15) is 9.59 Å². The first-order chi connectivity index (χ1) is 16.3. The molecule has 34 heavy (non-hydrogen) atoms. The molecule has 4 rings (SSSR count). The maximum atomic E-state index is 13.4. The lowest BCUT2D eigenvalue weighted by molar-refractivity contribution is 0.102. The van der Waals surface area contributed by atoms with Crippen molar-refractivity contribution in [1.82, 2.24) is 14.5 Å². The molecule has 7 nitrogen and oxygen atoms in total. The Balaban J connectivity index is 1.58. The summed E-state index contributed by atoms with van der Waals surface area (Å²) in [6.45, 7) is 10.8. The van der Waals surface area contributed by atoms with Gasteiger partial charge in [0.1, 0.15) is 13.2 Å². The summed E-state index contributed by atoms with van der Waals surface area (Å²) in [6, 6.07) is 13.3. The molecule has 2 heterocycles. The van der Waals surface area contributed by atoms with Gasteiger partial charge in [-0.25, -0.2) is 4.98 Å². The van der Waals surface area contributed by atoms with Crippen LogP contribution < -0.4 is 15.0 Å². The van der Waals surface area contributed by atoms with Gasteiger partial charge in [0.15, 0.2) is 22.4 Å². The summed E-state index contributed by atoms with van der Waals surface area (Å²) in [5.41, 5.74) is 1.12. The van der Waals surface area contributed by atoms with Crippen molar-refractivity contribution >= 4 is 28.4 Å². The standard InChI is InChI=1S/C26H31N3O4S/c1-17(2)28(18(3)4)11-12-29-25(31)20-7-5-6-8-21(20)27-26(29)34-16-22(30)19-9-10-23-24(15-19)33-14-13-32-23/h5-10,15,17-18H,11-14,16H2,1-4H3. The summed E-state index contributed by atoms with van der Waals surface area (Å²) in [5.74, 6) is 1.36. The van der Waals surface area contributed by atoms with Gasteiger partial charge in [-0.1, -0.05) is 23.9 Å². The van der Waals surface area contributed by atoms with Crippen LogP contribution in [0.25, 0.3) is 10.9 Å². The maximum absolute atomic E-state index is 13.4. The number of para-hydroxylation sites is 1. The molecule has 0 aliphatic carbocycles. The number of nitrogens with zero attached hydrogens (tertiary/aromatic N) is 3. The van der Waals surface area contributed by atoms with E-state index in [4.69, 9.17) is 14.5 Å². The van der Waals surface area contributed by atoms with Gasteiger partial charge in [0, 0.05) is 30.7 Å². The first-order valence-electron chi connectivity index (χ1n) is 11.7. The zero-order valence-electron chi connectivity index (χ0n) is 20.1. The van der Waals surface area contributed by atoms with Crippen molar-refractivity contribution in [2.75, 3.05) is 25.5 Å². The van der Waals surface area contributed by atoms with Crippen LogP contribution in [0.2, 0.25) is 0 Å². The first kappa shape index (κ1) is 24.3. The molecule has 0 unspecified atom stereocenters. The van der Waals surface area contributed by atoms with Crippen molar-refractivity contribution in [3.63, 3.8) is 0 Å². The van der Waals surface area contributed by atoms with Crippen LogP contribution in [-0.2, 0) is 6.54 Å². The summed E-state index contributed by atoms with van der Waals surface area (Å²) in [7, 11) is 0. The van der Waals surface area contributed by atoms with E-state index in [1.165, 1.54) is 11.8 Å². The number of thioether (sulfide) groups is 1. The Labute approximate surface area is 204 Å². The van der Waals surface area contributed by atoms with Gasteiger partial charge in [-0.05, 0) is 58.0 Å². The Kier molecular flexibility index (Phi) is 7.58. The number of carbonyl (C=O) groups is 1. The minimum atomic E-state index is -0.0765. The van der Waals surface area contributed by atoms with E-state index < -0.39 is 0 Å². The second kappa shape index (κ2) is 10.6. The molecule has 0 radical (unpaired) electrons. The molecule has 3 aromatic rings. The second-order valence-corrected chi connectivity index (χ2v) is 9.81. The summed E-state index contributed by atoms with van der Waals surface area (Å²) in [5, 5.41) is 1.15. The van der Waals surface area contributed by atoms with Crippen LogP contribution in [0, 0.1) is 0 Å². The van der Waals surface area contributed by atoms with Gasteiger partial charge in [-0.2, -0.15) is 0 Å². The minimum Gasteiger partial charge on any atom is -0.486 e. The third kappa shape index (κ3) is 5.28. The predicted molar refractivity (Wildman–Crippen MR) is 135 cm³/mol. The summed E-state index contributed by atoms with van der Waals surface area (Å²) in [6.07, 6.45) is 0. The molecule has 0 atom stereocenters. The van der Waals surface area contributed by atoms with Gasteiger partial charge in [0.2, 0.25) is 0 Å². The van der Waals surface area contributed by atoms with Crippen molar-refractivity contribution in [2.45, 2.75) is 51.5 Å². The van der Waals surface area contributed by atoms with E-state index in [1.807, 2.05) is 18.2 Å². The highest BCUT2D eigenvalue weighted by atomic mass is 32.2. The monoisotopic (exact) mass is 481 g/mol. The third-order valence-corrected chi connectivity index (χ3v) is 6.91. The Morgan fingerprint density at radius 2 is 1.76 bits per heavy atom. The van der Waals surface area contributed by atoms with E-state index in [0.29, 0.717) is 65.0 Å². The van der Waals surface area contributed by atoms with E-state index >= 15 is 0 Å². The van der Waals surface area contributed by atoms with Crippen LogP contribution in [0.15, 0.2) is 52.4 Å². The number of benzene rings is 2. The molecule has 0 N–H and O–H groups in total. The van der Waals surface area contributed by atoms with Gasteiger partial charge < -0.3 is 9.47 Å². The molecule has 0 amide bonds. The number of ketones is 1. The number of hydrogen-bond acceptors (Lipinski definition) is 7. The van der Waals surface area contributed by atoms with Crippen molar-refractivity contribution < 1.29 is 14.3 Å². The second-order valence-electron chi connectivity index (χ2n) is 8.86. The number of hydrogen-bond donors (Lipinski definition) is 0. The Morgan fingerprint density at radius 3 is 2.50 bits per heavy atom. The molecule has 1 aliphatic rings. The number of carbonyl (C=O) groups excluding carboxylic acids is 1. The molecule has 0 saturated heterocycles. The molecule has 0 saturated carbocycles. The smallest absolute Gasteiger partial charge is 0.262 e. The van der Waals surface area contributed by atoms with E-state index in [0.717, 1.165) is 6.54 Å². The number of fused-ring (bicyclic) bond motifs is 2. The molecular formula is C26H31N3O4S. The first-order valence-corrected chi connectivity index (χ1v) is 12.6. The molecule has 8 heteroatoms. The number of aromatic nitrogens is 2. The van der Waals surface area contributed by atoms with Crippen molar-refractivity contribution in [3.8, 4) is 11.5 Å². The fourth-order valence-electron chi connectivity index (χ4n) is 4.21. The van der Waals surface area contributed by atoms with Gasteiger partial charge >= 0.3 is 0 Å². The van der Waals surface area contributed by atoms with Gasteiger partial charge in [-0.3, -0.25) is 19.1 Å². The minimum absolute atomic E-state index is 0.0538. The summed E-state index contributed by atoms with van der Waals surface area (Å²) < 4.78 is 12.9. The van der Waals surface area contributed by atoms with Crippen molar-refractivity contribution in [1.29, 1.82) is 0 Å². The quantitative estimate of drug-likeness (QED) is 0.257. The SMILES string of the molecule is CC(C)N(CCn1c(SCC(=O)c2ccc3c(c2)OCCO3)nc2ccccc2c1=O)C(C)C. The molecule has 1 aromatic heterocycles. The Hall–Kier alpha value is -2.84. The molecule has 180 valence electrons. The highest BCUT2D eigenvalue weighted by Gasteiger charge is 2.19. The third-order valence-electron chi connectivity index (χ3n) is 5.93. The molecule has 0 spiro atoms. The van der Waals surface area contributed by atoms with Crippen LogP contribution in [0.3, 0.4) is 0 Å². The summed E-state index contributed by atoms with van der Waals surface area (Å²) in [4.78, 5) is 33.4. The Morgan fingerprint density at radius 1 is 1.06 bits per heavy atom. The van der Waals surface area contributed by atoms with E-state index in [-0.39, 0.29) is 17.1 Å². The largest absolute Gasteiger partial charge is 0.486 e. The number of Topliss-reactive ketones (excluding diaryl/α,β-unsaturated/α-hetero) is 1. The molecule has 2 aromatic carbocycles. The van der Waals surface area contributed by atoms with Crippen LogP contribution in [0.1, 0.15) is 38.1 Å². The topological polar surface area (TPSA) is 73.7 Å². The lowest BCUT2D eigenvalue weighted by Crippen LogP contribution is -2.40. The summed E-state index contributed by atoms with van der Waals surface area (Å²) >= 11 is 1.30. The van der Waals surface area contributed by atoms with Crippen molar-refractivity contribution in [2.24, 2.45) is 0 Å². The van der Waals surface area contributed by atoms with Crippen LogP contribution in [-0.4, -0.2) is 57.8 Å². The zero-order valence-corrected chi connectivity index (χ0v) is 20.9. The van der Waals surface area contributed by atoms with Gasteiger partial charge in [0.05, 0.1) is 16.7 Å². The number of ether oxygens (including phenoxy) is 2. The van der Waals surface area contributed by atoms with Crippen LogP contribution >= 0.6 is 11.8 Å².